The van der Waals surface area contributed by atoms with E-state index in [4.69, 9.17) is 14.2 Å². The summed E-state index contributed by atoms with van der Waals surface area (Å²) in [6.07, 6.45) is 3.16. The van der Waals surface area contributed by atoms with E-state index in [2.05, 4.69) is 9.97 Å². The number of ketones is 1. The Hall–Kier alpha value is -4.44. The number of ether oxygens (including phenoxy) is 3. The minimum atomic E-state index is -0.936. The van der Waals surface area contributed by atoms with Gasteiger partial charge in [0.25, 0.3) is 5.78 Å². The van der Waals surface area contributed by atoms with Crippen molar-refractivity contribution in [1.29, 1.82) is 0 Å². The van der Waals surface area contributed by atoms with Crippen LogP contribution in [0.1, 0.15) is 24.1 Å². The standard InChI is InChI=1S/C27H23N3O6S/c1-4-36-17-8-9-18-21(13-17)37-27(29-18)30-23(16-6-5-11-28-14-16)22(25(32)26(30)33)24(31)15-7-10-19(34-2)20(12-15)35-3/h5-14,23,31H,4H2,1-3H3/b24-22+. The molecule has 2 aromatic carbocycles. The number of benzene rings is 2. The Morgan fingerprint density at radius 2 is 1.89 bits per heavy atom. The molecular formula is C27H23N3O6S. The summed E-state index contributed by atoms with van der Waals surface area (Å²) >= 11 is 1.26. The third-order valence-electron chi connectivity index (χ3n) is 5.97. The van der Waals surface area contributed by atoms with Crippen molar-refractivity contribution in [3.8, 4) is 17.2 Å². The first-order chi connectivity index (χ1) is 18.0. The van der Waals surface area contributed by atoms with Crippen LogP contribution < -0.4 is 19.1 Å². The molecule has 1 amide bonds. The van der Waals surface area contributed by atoms with Crippen LogP contribution in [0.4, 0.5) is 5.13 Å². The van der Waals surface area contributed by atoms with Crippen molar-refractivity contribution in [2.24, 2.45) is 0 Å². The van der Waals surface area contributed by atoms with Crippen LogP contribution in [0.2, 0.25) is 0 Å². The molecule has 0 radical (unpaired) electrons. The molecule has 1 aliphatic rings. The number of carbonyl (C=O) groups is 2. The van der Waals surface area contributed by atoms with E-state index in [0.29, 0.717) is 45.6 Å². The fraction of sp³-hybridized carbons (Fsp3) is 0.185. The summed E-state index contributed by atoms with van der Waals surface area (Å²) in [5.74, 6) is -0.436. The zero-order valence-corrected chi connectivity index (χ0v) is 21.1. The van der Waals surface area contributed by atoms with Gasteiger partial charge in [-0.1, -0.05) is 17.4 Å². The predicted molar refractivity (Wildman–Crippen MR) is 139 cm³/mol. The topological polar surface area (TPSA) is 111 Å². The van der Waals surface area contributed by atoms with Gasteiger partial charge in [0.15, 0.2) is 16.6 Å². The summed E-state index contributed by atoms with van der Waals surface area (Å²) in [5.41, 5.74) is 1.45. The van der Waals surface area contributed by atoms with Crippen LogP contribution in [0.5, 0.6) is 17.2 Å². The largest absolute Gasteiger partial charge is 0.507 e. The van der Waals surface area contributed by atoms with Crippen molar-refractivity contribution in [3.05, 3.63) is 77.6 Å². The number of aliphatic hydroxyl groups excluding tert-OH is 1. The normalized spacial score (nSPS) is 16.8. The molecule has 1 atom stereocenters. The minimum absolute atomic E-state index is 0.0699. The molecule has 37 heavy (non-hydrogen) atoms. The van der Waals surface area contributed by atoms with Gasteiger partial charge in [-0.15, -0.1) is 0 Å². The van der Waals surface area contributed by atoms with Crippen LogP contribution in [-0.2, 0) is 9.59 Å². The van der Waals surface area contributed by atoms with Crippen LogP contribution in [0.15, 0.2) is 66.5 Å². The number of methoxy groups -OCH3 is 2. The number of hydrogen-bond donors (Lipinski definition) is 1. The SMILES string of the molecule is CCOc1ccc2nc(N3C(=O)C(=O)/C(=C(/O)c4ccc(OC)c(OC)c4)C3c3cccnc3)sc2c1. The minimum Gasteiger partial charge on any atom is -0.507 e. The molecule has 0 spiro atoms. The maximum absolute atomic E-state index is 13.4. The Bertz CT molecular complexity index is 1530. The first-order valence-electron chi connectivity index (χ1n) is 11.4. The monoisotopic (exact) mass is 517 g/mol. The van der Waals surface area contributed by atoms with Gasteiger partial charge in [-0.2, -0.15) is 0 Å². The quantitative estimate of drug-likeness (QED) is 0.213. The molecule has 3 heterocycles. The van der Waals surface area contributed by atoms with E-state index in [9.17, 15) is 14.7 Å². The number of nitrogens with zero attached hydrogens (tertiary/aromatic N) is 3. The molecule has 4 aromatic rings. The number of hydrogen-bond acceptors (Lipinski definition) is 9. The zero-order chi connectivity index (χ0) is 26.1. The number of anilines is 1. The summed E-state index contributed by atoms with van der Waals surface area (Å²) in [4.78, 5) is 36.9. The summed E-state index contributed by atoms with van der Waals surface area (Å²) < 4.78 is 17.0. The molecule has 10 heteroatoms. The highest BCUT2D eigenvalue weighted by Gasteiger charge is 2.48. The highest BCUT2D eigenvalue weighted by atomic mass is 32.1. The number of aromatic nitrogens is 2. The fourth-order valence-corrected chi connectivity index (χ4v) is 5.29. The van der Waals surface area contributed by atoms with Gasteiger partial charge in [0, 0.05) is 18.0 Å². The number of fused-ring (bicyclic) bond motifs is 1. The lowest BCUT2D eigenvalue weighted by Crippen LogP contribution is -2.29. The molecule has 1 unspecified atom stereocenters. The molecule has 1 saturated heterocycles. The average Bonchev–Trinajstić information content (AvgIpc) is 3.46. The molecule has 0 aliphatic carbocycles. The van der Waals surface area contributed by atoms with Crippen LogP contribution in [0, 0.1) is 0 Å². The molecule has 5 rings (SSSR count). The van der Waals surface area contributed by atoms with Gasteiger partial charge in [-0.25, -0.2) is 4.98 Å². The number of thiazole rings is 1. The number of pyridine rings is 1. The first kappa shape index (κ1) is 24.3. The lowest BCUT2D eigenvalue weighted by Gasteiger charge is -2.22. The second-order valence-electron chi connectivity index (χ2n) is 8.08. The highest BCUT2D eigenvalue weighted by molar-refractivity contribution is 7.22. The maximum atomic E-state index is 13.4. The van der Waals surface area contributed by atoms with Gasteiger partial charge in [0.1, 0.15) is 11.5 Å². The maximum Gasteiger partial charge on any atom is 0.301 e. The molecule has 1 N–H and O–H groups in total. The number of carbonyl (C=O) groups excluding carboxylic acids is 2. The summed E-state index contributed by atoms with van der Waals surface area (Å²) in [6, 6.07) is 12.7. The smallest absolute Gasteiger partial charge is 0.301 e. The summed E-state index contributed by atoms with van der Waals surface area (Å²) in [7, 11) is 2.97. The van der Waals surface area contributed by atoms with Crippen molar-refractivity contribution >= 4 is 44.1 Å². The number of Topliss-reactive ketones (excluding diaryl/α,β-unsaturated/α-hetero) is 1. The molecule has 188 valence electrons. The molecule has 1 fully saturated rings. The molecule has 1 aliphatic heterocycles. The number of rotatable bonds is 7. The Kier molecular flexibility index (Phi) is 6.49. The van der Waals surface area contributed by atoms with Crippen molar-refractivity contribution in [3.63, 3.8) is 0 Å². The van der Waals surface area contributed by atoms with Crippen LogP contribution in [0.25, 0.3) is 16.0 Å². The van der Waals surface area contributed by atoms with E-state index in [1.54, 1.807) is 54.9 Å². The second-order valence-corrected chi connectivity index (χ2v) is 9.09. The second kappa shape index (κ2) is 9.90. The van der Waals surface area contributed by atoms with Gasteiger partial charge in [0.05, 0.1) is 42.7 Å². The van der Waals surface area contributed by atoms with E-state index >= 15 is 0 Å². The van der Waals surface area contributed by atoms with Gasteiger partial charge in [0.2, 0.25) is 0 Å². The van der Waals surface area contributed by atoms with E-state index in [1.165, 1.54) is 30.5 Å². The predicted octanol–water partition coefficient (Wildman–Crippen LogP) is 4.73. The Labute approximate surface area is 216 Å². The van der Waals surface area contributed by atoms with Gasteiger partial charge < -0.3 is 19.3 Å². The lowest BCUT2D eigenvalue weighted by atomic mass is 9.96. The Balaban J connectivity index is 1.68. The highest BCUT2D eigenvalue weighted by Crippen LogP contribution is 2.45. The van der Waals surface area contributed by atoms with E-state index in [1.807, 2.05) is 13.0 Å². The summed E-state index contributed by atoms with van der Waals surface area (Å²) in [6.45, 7) is 2.41. The van der Waals surface area contributed by atoms with Gasteiger partial charge >= 0.3 is 5.91 Å². The molecule has 9 nitrogen and oxygen atoms in total. The zero-order valence-electron chi connectivity index (χ0n) is 20.3. The Morgan fingerprint density at radius 3 is 2.59 bits per heavy atom. The average molecular weight is 518 g/mol. The van der Waals surface area contributed by atoms with Gasteiger partial charge in [-0.3, -0.25) is 19.5 Å². The Morgan fingerprint density at radius 1 is 1.08 bits per heavy atom. The van der Waals surface area contributed by atoms with Crippen molar-refractivity contribution in [2.75, 3.05) is 25.7 Å². The number of aliphatic hydroxyl groups is 1. The molecular weight excluding hydrogens is 494 g/mol. The number of amides is 1. The van der Waals surface area contributed by atoms with Crippen molar-refractivity contribution in [2.45, 2.75) is 13.0 Å². The third kappa shape index (κ3) is 4.25. The van der Waals surface area contributed by atoms with Crippen LogP contribution >= 0.6 is 11.3 Å². The van der Waals surface area contributed by atoms with Crippen molar-refractivity contribution in [1.82, 2.24) is 9.97 Å². The molecule has 0 saturated carbocycles. The summed E-state index contributed by atoms with van der Waals surface area (Å²) in [5, 5.41) is 11.7. The third-order valence-corrected chi connectivity index (χ3v) is 6.98. The van der Waals surface area contributed by atoms with Gasteiger partial charge in [-0.05, 0) is 55.0 Å². The van der Waals surface area contributed by atoms with E-state index in [-0.39, 0.29) is 11.3 Å². The van der Waals surface area contributed by atoms with E-state index in [0.717, 1.165) is 4.70 Å². The first-order valence-corrected chi connectivity index (χ1v) is 12.2. The fourth-order valence-electron chi connectivity index (χ4n) is 4.27. The van der Waals surface area contributed by atoms with E-state index < -0.39 is 17.7 Å². The lowest BCUT2D eigenvalue weighted by molar-refractivity contribution is -0.132. The van der Waals surface area contributed by atoms with Crippen LogP contribution in [0.3, 0.4) is 0 Å². The van der Waals surface area contributed by atoms with Crippen LogP contribution in [-0.4, -0.2) is 47.6 Å². The molecule has 2 aromatic heterocycles. The van der Waals surface area contributed by atoms with Crippen molar-refractivity contribution < 1.29 is 28.9 Å². The molecule has 0 bridgehead atoms.